The number of hydrogen-bond acceptors (Lipinski definition) is 4. The summed E-state index contributed by atoms with van der Waals surface area (Å²) in [5, 5.41) is 2.58. The van der Waals surface area contributed by atoms with Crippen molar-refractivity contribution in [3.8, 4) is 0 Å². The summed E-state index contributed by atoms with van der Waals surface area (Å²) in [6.45, 7) is 2.54. The fourth-order valence-electron chi connectivity index (χ4n) is 3.42. The van der Waals surface area contributed by atoms with Gasteiger partial charge >= 0.3 is 11.8 Å². The van der Waals surface area contributed by atoms with Gasteiger partial charge < -0.3 is 20.0 Å². The lowest BCUT2D eigenvalue weighted by Crippen LogP contribution is -2.55. The van der Waals surface area contributed by atoms with Crippen molar-refractivity contribution in [2.75, 3.05) is 45.8 Å². The number of likely N-dealkylation sites (tertiary alicyclic amines) is 1. The lowest BCUT2D eigenvalue weighted by atomic mass is 10.2. The second-order valence-corrected chi connectivity index (χ2v) is 7.13. The number of nitrogens with one attached hydrogen (secondary N) is 1. The van der Waals surface area contributed by atoms with E-state index in [-0.39, 0.29) is 18.4 Å². The minimum atomic E-state index is -0.488. The van der Waals surface area contributed by atoms with Crippen LogP contribution in [0.3, 0.4) is 0 Å². The molecule has 0 saturated carbocycles. The van der Waals surface area contributed by atoms with Crippen molar-refractivity contribution in [1.29, 1.82) is 0 Å². The molecule has 0 unspecified atom stereocenters. The molecule has 154 valence electrons. The Morgan fingerprint density at radius 1 is 0.793 bits per heavy atom. The molecule has 0 spiro atoms. The van der Waals surface area contributed by atoms with Gasteiger partial charge in [0.15, 0.2) is 0 Å². The Balaban J connectivity index is 1.39. The lowest BCUT2D eigenvalue weighted by Gasteiger charge is -2.35. The average molecular weight is 398 g/mol. The molecule has 1 aromatic rings. The van der Waals surface area contributed by atoms with E-state index < -0.39 is 11.8 Å². The molecule has 0 radical (unpaired) electrons. The van der Waals surface area contributed by atoms with E-state index in [1.807, 2.05) is 30.3 Å². The number of piperazine rings is 1. The van der Waals surface area contributed by atoms with Crippen molar-refractivity contribution in [3.63, 3.8) is 0 Å². The highest BCUT2D eigenvalue weighted by atomic mass is 16.2. The van der Waals surface area contributed by atoms with E-state index in [1.165, 1.54) is 11.0 Å². The zero-order chi connectivity index (χ0) is 20.6. The highest BCUT2D eigenvalue weighted by Crippen LogP contribution is 2.10. The molecule has 0 bridgehead atoms. The van der Waals surface area contributed by atoms with Crippen LogP contribution in [0, 0.1) is 0 Å². The summed E-state index contributed by atoms with van der Waals surface area (Å²) < 4.78 is 0. The minimum Gasteiger partial charge on any atom is -0.343 e. The van der Waals surface area contributed by atoms with Crippen LogP contribution < -0.4 is 5.32 Å². The number of hydrogen-bond donors (Lipinski definition) is 1. The van der Waals surface area contributed by atoms with Crippen molar-refractivity contribution in [3.05, 3.63) is 42.0 Å². The van der Waals surface area contributed by atoms with E-state index >= 15 is 0 Å². The molecule has 8 nitrogen and oxygen atoms in total. The van der Waals surface area contributed by atoms with Crippen LogP contribution in [0.2, 0.25) is 0 Å². The molecule has 29 heavy (non-hydrogen) atoms. The largest absolute Gasteiger partial charge is 0.343 e. The maximum absolute atomic E-state index is 12.3. The molecule has 0 aliphatic carbocycles. The highest BCUT2D eigenvalue weighted by molar-refractivity contribution is 6.35. The van der Waals surface area contributed by atoms with Gasteiger partial charge in [-0.2, -0.15) is 0 Å². The number of benzene rings is 1. The summed E-state index contributed by atoms with van der Waals surface area (Å²) in [6.07, 6.45) is 4.95. The van der Waals surface area contributed by atoms with Gasteiger partial charge in [0.05, 0.1) is 6.54 Å². The summed E-state index contributed by atoms with van der Waals surface area (Å²) in [5.74, 6) is -1.48. The average Bonchev–Trinajstić information content (AvgIpc) is 3.31. The summed E-state index contributed by atoms with van der Waals surface area (Å²) in [6, 6.07) is 9.41. The molecule has 4 amide bonds. The van der Waals surface area contributed by atoms with Crippen LogP contribution in [0.15, 0.2) is 36.4 Å². The Labute approximate surface area is 170 Å². The first kappa shape index (κ1) is 20.6. The maximum atomic E-state index is 12.3. The molecular formula is C21H26N4O4. The molecule has 0 atom stereocenters. The molecule has 2 fully saturated rings. The van der Waals surface area contributed by atoms with Crippen LogP contribution in [0.5, 0.6) is 0 Å². The van der Waals surface area contributed by atoms with Gasteiger partial charge in [0.25, 0.3) is 0 Å². The zero-order valence-corrected chi connectivity index (χ0v) is 16.4. The molecule has 2 aliphatic heterocycles. The number of carbonyl (C=O) groups is 4. The maximum Gasteiger partial charge on any atom is 0.312 e. The smallest absolute Gasteiger partial charge is 0.312 e. The molecule has 8 heteroatoms. The Kier molecular flexibility index (Phi) is 6.99. The standard InChI is InChI=1S/C21H26N4O4/c26-18(9-8-17-6-2-1-3-7-17)22-16-19(27)23-12-14-25(15-13-23)21(29)20(28)24-10-4-5-11-24/h1-3,6-9H,4-5,10-16H2,(H,22,26)/b9-8+. The van der Waals surface area contributed by atoms with E-state index in [1.54, 1.807) is 15.9 Å². The highest BCUT2D eigenvalue weighted by Gasteiger charge is 2.31. The predicted octanol–water partition coefficient (Wildman–Crippen LogP) is 0.109. The minimum absolute atomic E-state index is 0.0986. The van der Waals surface area contributed by atoms with Crippen LogP contribution in [0.4, 0.5) is 0 Å². The molecular weight excluding hydrogens is 372 g/mol. The van der Waals surface area contributed by atoms with Crippen LogP contribution in [0.25, 0.3) is 6.08 Å². The van der Waals surface area contributed by atoms with Gasteiger partial charge in [0.2, 0.25) is 11.8 Å². The molecule has 2 aliphatic rings. The van der Waals surface area contributed by atoms with Gasteiger partial charge in [0, 0.05) is 45.3 Å². The quantitative estimate of drug-likeness (QED) is 0.576. The Morgan fingerprint density at radius 2 is 1.34 bits per heavy atom. The normalized spacial score (nSPS) is 16.9. The van der Waals surface area contributed by atoms with Crippen molar-refractivity contribution in [2.45, 2.75) is 12.8 Å². The van der Waals surface area contributed by atoms with Crippen molar-refractivity contribution < 1.29 is 19.2 Å². The van der Waals surface area contributed by atoms with Gasteiger partial charge in [-0.3, -0.25) is 19.2 Å². The number of amides is 4. The zero-order valence-electron chi connectivity index (χ0n) is 16.4. The number of nitrogens with zero attached hydrogens (tertiary/aromatic N) is 3. The molecule has 3 rings (SSSR count). The van der Waals surface area contributed by atoms with Crippen LogP contribution in [-0.4, -0.2) is 84.1 Å². The number of rotatable bonds is 4. The molecule has 1 aromatic carbocycles. The van der Waals surface area contributed by atoms with E-state index in [0.717, 1.165) is 18.4 Å². The van der Waals surface area contributed by atoms with Gasteiger partial charge in [0.1, 0.15) is 0 Å². The summed E-state index contributed by atoms with van der Waals surface area (Å²) in [4.78, 5) is 53.4. The molecule has 2 saturated heterocycles. The van der Waals surface area contributed by atoms with E-state index in [4.69, 9.17) is 0 Å². The number of carbonyl (C=O) groups excluding carboxylic acids is 4. The first-order valence-corrected chi connectivity index (χ1v) is 9.91. The van der Waals surface area contributed by atoms with E-state index in [0.29, 0.717) is 39.3 Å². The fourth-order valence-corrected chi connectivity index (χ4v) is 3.42. The SMILES string of the molecule is O=C(/C=C/c1ccccc1)NCC(=O)N1CCN(C(=O)C(=O)N2CCCC2)CC1. The summed E-state index contributed by atoms with van der Waals surface area (Å²) >= 11 is 0. The first-order chi connectivity index (χ1) is 14.0. The third-order valence-electron chi connectivity index (χ3n) is 5.14. The van der Waals surface area contributed by atoms with Gasteiger partial charge in [-0.25, -0.2) is 0 Å². The second-order valence-electron chi connectivity index (χ2n) is 7.13. The first-order valence-electron chi connectivity index (χ1n) is 9.91. The Morgan fingerprint density at radius 3 is 1.97 bits per heavy atom. The monoisotopic (exact) mass is 398 g/mol. The second kappa shape index (κ2) is 9.86. The van der Waals surface area contributed by atoms with Crippen LogP contribution >= 0.6 is 0 Å². The van der Waals surface area contributed by atoms with Gasteiger partial charge in [-0.1, -0.05) is 30.3 Å². The Bertz CT molecular complexity index is 779. The van der Waals surface area contributed by atoms with Crippen LogP contribution in [0.1, 0.15) is 18.4 Å². The molecule has 0 aromatic heterocycles. The Hall–Kier alpha value is -3.16. The van der Waals surface area contributed by atoms with E-state index in [2.05, 4.69) is 5.32 Å². The van der Waals surface area contributed by atoms with Gasteiger partial charge in [-0.15, -0.1) is 0 Å². The predicted molar refractivity (Wildman–Crippen MR) is 107 cm³/mol. The third-order valence-corrected chi connectivity index (χ3v) is 5.14. The summed E-state index contributed by atoms with van der Waals surface area (Å²) in [7, 11) is 0. The topological polar surface area (TPSA) is 90.0 Å². The third kappa shape index (κ3) is 5.66. The van der Waals surface area contributed by atoms with Gasteiger partial charge in [-0.05, 0) is 24.5 Å². The van der Waals surface area contributed by atoms with Crippen molar-refractivity contribution in [2.24, 2.45) is 0 Å². The lowest BCUT2D eigenvalue weighted by molar-refractivity contribution is -0.153. The fraction of sp³-hybridized carbons (Fsp3) is 0.429. The van der Waals surface area contributed by atoms with Crippen molar-refractivity contribution >= 4 is 29.7 Å². The van der Waals surface area contributed by atoms with Crippen molar-refractivity contribution in [1.82, 2.24) is 20.0 Å². The molecule has 2 heterocycles. The summed E-state index contributed by atoms with van der Waals surface area (Å²) in [5.41, 5.74) is 0.901. The molecule has 1 N–H and O–H groups in total. The van der Waals surface area contributed by atoms with E-state index in [9.17, 15) is 19.2 Å². The van der Waals surface area contributed by atoms with Crippen LogP contribution in [-0.2, 0) is 19.2 Å².